The zero-order chi connectivity index (χ0) is 14.0. The van der Waals surface area contributed by atoms with Gasteiger partial charge in [-0.1, -0.05) is 25.7 Å². The molecule has 0 aromatic carbocycles. The van der Waals surface area contributed by atoms with E-state index in [1.165, 1.54) is 31.2 Å². The van der Waals surface area contributed by atoms with Gasteiger partial charge in [-0.15, -0.1) is 0 Å². The quantitative estimate of drug-likeness (QED) is 0.619. The molecule has 1 amide bonds. The first-order chi connectivity index (χ1) is 9.84. The van der Waals surface area contributed by atoms with E-state index < -0.39 is 0 Å². The number of nitrogens with zero attached hydrogens (tertiary/aromatic N) is 1. The minimum atomic E-state index is 0.180. The van der Waals surface area contributed by atoms with Crippen molar-refractivity contribution in [2.75, 3.05) is 6.54 Å². The van der Waals surface area contributed by atoms with Crippen molar-refractivity contribution in [1.82, 2.24) is 15.6 Å². The highest BCUT2D eigenvalue weighted by molar-refractivity contribution is 5.76. The number of pyridine rings is 1. The standard InChI is InChI=1S/C16H25N3O/c20-16(19-15-5-3-1-2-4-6-15)9-12-18-13-14-7-10-17-11-8-14/h7-8,10-11,15,18H,1-6,9,12-13H2,(H,19,20). The van der Waals surface area contributed by atoms with E-state index in [4.69, 9.17) is 0 Å². The second kappa shape index (κ2) is 8.69. The zero-order valence-corrected chi connectivity index (χ0v) is 12.1. The largest absolute Gasteiger partial charge is 0.353 e. The van der Waals surface area contributed by atoms with Crippen LogP contribution in [0, 0.1) is 0 Å². The molecule has 1 fully saturated rings. The second-order valence-electron chi connectivity index (χ2n) is 5.54. The van der Waals surface area contributed by atoms with Gasteiger partial charge in [0.05, 0.1) is 0 Å². The lowest BCUT2D eigenvalue weighted by Gasteiger charge is -2.16. The lowest BCUT2D eigenvalue weighted by atomic mass is 10.1. The summed E-state index contributed by atoms with van der Waals surface area (Å²) in [6, 6.07) is 4.38. The van der Waals surface area contributed by atoms with Crippen molar-refractivity contribution in [2.45, 2.75) is 57.5 Å². The fourth-order valence-corrected chi connectivity index (χ4v) is 2.66. The molecular formula is C16H25N3O. The third-order valence-electron chi connectivity index (χ3n) is 3.83. The number of nitrogens with one attached hydrogen (secondary N) is 2. The van der Waals surface area contributed by atoms with Gasteiger partial charge >= 0.3 is 0 Å². The summed E-state index contributed by atoms with van der Waals surface area (Å²) >= 11 is 0. The molecule has 0 spiro atoms. The van der Waals surface area contributed by atoms with E-state index >= 15 is 0 Å². The van der Waals surface area contributed by atoms with Crippen LogP contribution < -0.4 is 10.6 Å². The molecule has 1 aliphatic carbocycles. The average molecular weight is 275 g/mol. The van der Waals surface area contributed by atoms with Crippen molar-refractivity contribution in [2.24, 2.45) is 0 Å². The first-order valence-electron chi connectivity index (χ1n) is 7.73. The molecule has 4 nitrogen and oxygen atoms in total. The molecule has 2 N–H and O–H groups in total. The lowest BCUT2D eigenvalue weighted by molar-refractivity contribution is -0.121. The second-order valence-corrected chi connectivity index (χ2v) is 5.54. The van der Waals surface area contributed by atoms with Crippen LogP contribution in [-0.2, 0) is 11.3 Å². The maximum absolute atomic E-state index is 11.9. The van der Waals surface area contributed by atoms with Crippen LogP contribution in [0.15, 0.2) is 24.5 Å². The van der Waals surface area contributed by atoms with Gasteiger partial charge in [-0.05, 0) is 30.5 Å². The Hall–Kier alpha value is -1.42. The van der Waals surface area contributed by atoms with Gasteiger partial charge in [0, 0.05) is 37.9 Å². The number of carbonyl (C=O) groups is 1. The molecule has 0 atom stereocenters. The van der Waals surface area contributed by atoms with Crippen molar-refractivity contribution >= 4 is 5.91 Å². The molecule has 0 bridgehead atoms. The van der Waals surface area contributed by atoms with Crippen LogP contribution in [0.25, 0.3) is 0 Å². The van der Waals surface area contributed by atoms with Gasteiger partial charge in [-0.3, -0.25) is 9.78 Å². The van der Waals surface area contributed by atoms with Crippen molar-refractivity contribution < 1.29 is 4.79 Å². The van der Waals surface area contributed by atoms with Crippen molar-refractivity contribution in [3.05, 3.63) is 30.1 Å². The number of hydrogen-bond acceptors (Lipinski definition) is 3. The van der Waals surface area contributed by atoms with E-state index in [0.717, 1.165) is 25.9 Å². The van der Waals surface area contributed by atoms with Crippen LogP contribution in [-0.4, -0.2) is 23.5 Å². The van der Waals surface area contributed by atoms with E-state index in [-0.39, 0.29) is 5.91 Å². The highest BCUT2D eigenvalue weighted by Crippen LogP contribution is 2.17. The molecule has 1 aliphatic rings. The minimum Gasteiger partial charge on any atom is -0.353 e. The smallest absolute Gasteiger partial charge is 0.221 e. The Bertz CT molecular complexity index is 386. The van der Waals surface area contributed by atoms with E-state index in [1.54, 1.807) is 12.4 Å². The summed E-state index contributed by atoms with van der Waals surface area (Å²) in [6.07, 6.45) is 11.6. The van der Waals surface area contributed by atoms with Crippen LogP contribution in [0.4, 0.5) is 0 Å². The molecule has 110 valence electrons. The molecule has 2 rings (SSSR count). The first kappa shape index (κ1) is 15.0. The fourth-order valence-electron chi connectivity index (χ4n) is 2.66. The third kappa shape index (κ3) is 5.70. The van der Waals surface area contributed by atoms with Crippen LogP contribution >= 0.6 is 0 Å². The molecule has 1 saturated carbocycles. The monoisotopic (exact) mass is 275 g/mol. The number of amides is 1. The van der Waals surface area contributed by atoms with E-state index in [2.05, 4.69) is 15.6 Å². The Morgan fingerprint density at radius 2 is 1.85 bits per heavy atom. The van der Waals surface area contributed by atoms with Crippen LogP contribution in [0.2, 0.25) is 0 Å². The average Bonchev–Trinajstić information content (AvgIpc) is 2.73. The van der Waals surface area contributed by atoms with E-state index in [0.29, 0.717) is 12.5 Å². The zero-order valence-electron chi connectivity index (χ0n) is 12.1. The molecule has 1 aromatic heterocycles. The predicted molar refractivity (Wildman–Crippen MR) is 80.2 cm³/mol. The minimum absolute atomic E-state index is 0.180. The summed E-state index contributed by atoms with van der Waals surface area (Å²) in [5.41, 5.74) is 1.20. The Labute approximate surface area is 121 Å². The van der Waals surface area contributed by atoms with Crippen molar-refractivity contribution in [3.8, 4) is 0 Å². The van der Waals surface area contributed by atoms with Gasteiger partial charge in [0.25, 0.3) is 0 Å². The number of aromatic nitrogens is 1. The van der Waals surface area contributed by atoms with Gasteiger partial charge in [0.15, 0.2) is 0 Å². The molecule has 20 heavy (non-hydrogen) atoms. The number of carbonyl (C=O) groups excluding carboxylic acids is 1. The van der Waals surface area contributed by atoms with Crippen LogP contribution in [0.1, 0.15) is 50.5 Å². The molecule has 1 heterocycles. The number of hydrogen-bond donors (Lipinski definition) is 2. The van der Waals surface area contributed by atoms with Gasteiger partial charge < -0.3 is 10.6 Å². The summed E-state index contributed by atoms with van der Waals surface area (Å²) in [5.74, 6) is 0.180. The lowest BCUT2D eigenvalue weighted by Crippen LogP contribution is -2.35. The molecule has 4 heteroatoms. The van der Waals surface area contributed by atoms with Crippen LogP contribution in [0.3, 0.4) is 0 Å². The fraction of sp³-hybridized carbons (Fsp3) is 0.625. The van der Waals surface area contributed by atoms with Crippen molar-refractivity contribution in [1.29, 1.82) is 0 Å². The highest BCUT2D eigenvalue weighted by Gasteiger charge is 2.14. The molecule has 0 aliphatic heterocycles. The van der Waals surface area contributed by atoms with Gasteiger partial charge in [0.2, 0.25) is 5.91 Å². The summed E-state index contributed by atoms with van der Waals surface area (Å²) in [5, 5.41) is 6.46. The number of rotatable bonds is 6. The van der Waals surface area contributed by atoms with Gasteiger partial charge in [-0.2, -0.15) is 0 Å². The Kier molecular flexibility index (Phi) is 6.51. The summed E-state index contributed by atoms with van der Waals surface area (Å²) in [7, 11) is 0. The Morgan fingerprint density at radius 3 is 2.55 bits per heavy atom. The van der Waals surface area contributed by atoms with Gasteiger partial charge in [0.1, 0.15) is 0 Å². The first-order valence-corrected chi connectivity index (χ1v) is 7.73. The molecule has 0 radical (unpaired) electrons. The third-order valence-corrected chi connectivity index (χ3v) is 3.83. The van der Waals surface area contributed by atoms with E-state index in [9.17, 15) is 4.79 Å². The summed E-state index contributed by atoms with van der Waals surface area (Å²) in [6.45, 7) is 1.51. The van der Waals surface area contributed by atoms with Crippen molar-refractivity contribution in [3.63, 3.8) is 0 Å². The summed E-state index contributed by atoms with van der Waals surface area (Å²) < 4.78 is 0. The SMILES string of the molecule is O=C(CCNCc1ccncc1)NC1CCCCCC1. The molecule has 0 unspecified atom stereocenters. The van der Waals surface area contributed by atoms with E-state index in [1.807, 2.05) is 12.1 Å². The predicted octanol–water partition coefficient (Wildman–Crippen LogP) is 2.40. The normalized spacial score (nSPS) is 16.6. The van der Waals surface area contributed by atoms with Crippen LogP contribution in [0.5, 0.6) is 0 Å². The molecule has 1 aromatic rings. The topological polar surface area (TPSA) is 54.0 Å². The maximum Gasteiger partial charge on any atom is 0.221 e. The Morgan fingerprint density at radius 1 is 1.15 bits per heavy atom. The maximum atomic E-state index is 11.9. The molecular weight excluding hydrogens is 250 g/mol. The highest BCUT2D eigenvalue weighted by atomic mass is 16.1. The summed E-state index contributed by atoms with van der Waals surface area (Å²) in [4.78, 5) is 15.9. The Balaban J connectivity index is 1.58. The molecule has 0 saturated heterocycles. The van der Waals surface area contributed by atoms with Gasteiger partial charge in [-0.25, -0.2) is 0 Å².